The van der Waals surface area contributed by atoms with Crippen LogP contribution in [0.2, 0.25) is 10.6 Å². The molecule has 0 saturated heterocycles. The van der Waals surface area contributed by atoms with Gasteiger partial charge in [0, 0.05) is 0 Å². The van der Waals surface area contributed by atoms with Crippen molar-refractivity contribution in [1.29, 1.82) is 0 Å². The third kappa shape index (κ3) is 5.95. The van der Waals surface area contributed by atoms with Gasteiger partial charge in [0.15, 0.2) is 23.3 Å². The molecule has 0 unspecified atom stereocenters. The average Bonchev–Trinajstić information content (AvgIpc) is 2.55. The lowest BCUT2D eigenvalue weighted by Crippen LogP contribution is -2.11. The van der Waals surface area contributed by atoms with Crippen LogP contribution in [0.5, 0.6) is 0 Å². The van der Waals surface area contributed by atoms with Crippen molar-refractivity contribution in [3.8, 4) is 0 Å². The van der Waals surface area contributed by atoms with Crippen molar-refractivity contribution in [2.24, 2.45) is 0 Å². The molecule has 7 heteroatoms. The molecule has 1 rings (SSSR count). The number of hydrogen-bond donors (Lipinski definition) is 0. The first-order chi connectivity index (χ1) is 10.9. The van der Waals surface area contributed by atoms with Crippen LogP contribution in [0, 0.1) is 29.1 Å². The molecule has 1 aromatic rings. The molecule has 0 atom stereocenters. The monoisotopic (exact) mass is 368 g/mol. The minimum Gasteiger partial charge on any atom is -0.218 e. The summed E-state index contributed by atoms with van der Waals surface area (Å²) >= 11 is -1.66. The fourth-order valence-corrected chi connectivity index (χ4v) is 8.42. The summed E-state index contributed by atoms with van der Waals surface area (Å²) in [4.78, 5) is -0.689. The zero-order chi connectivity index (χ0) is 17.4. The van der Waals surface area contributed by atoms with Crippen molar-refractivity contribution >= 4 is 23.1 Å². The van der Waals surface area contributed by atoms with Crippen molar-refractivity contribution < 1.29 is 22.0 Å². The SMILES string of the molecule is CCCC[CH2][Al]([CH2]CCCC)[S]c1c(F)c(F)c(F)c(F)c1F. The van der Waals surface area contributed by atoms with Crippen LogP contribution in [0.25, 0.3) is 0 Å². The van der Waals surface area contributed by atoms with Gasteiger partial charge >= 0.3 is 13.0 Å². The van der Waals surface area contributed by atoms with Gasteiger partial charge in [0.25, 0.3) is 0 Å². The highest BCUT2D eigenvalue weighted by molar-refractivity contribution is 8.25. The van der Waals surface area contributed by atoms with Crippen LogP contribution >= 0.6 is 10.1 Å². The average molecular weight is 368 g/mol. The molecule has 0 nitrogen and oxygen atoms in total. The summed E-state index contributed by atoms with van der Waals surface area (Å²) in [6.07, 6.45) is 6.00. The molecular formula is C16H22AlF5S. The Balaban J connectivity index is 2.93. The second kappa shape index (κ2) is 10.6. The van der Waals surface area contributed by atoms with Gasteiger partial charge < -0.3 is 0 Å². The molecule has 130 valence electrons. The summed E-state index contributed by atoms with van der Waals surface area (Å²) in [6, 6.07) is 0. The molecule has 1 aromatic carbocycles. The summed E-state index contributed by atoms with van der Waals surface area (Å²) in [7, 11) is 0.922. The van der Waals surface area contributed by atoms with Crippen LogP contribution in [0.15, 0.2) is 4.90 Å². The fraction of sp³-hybridized carbons (Fsp3) is 0.625. The molecule has 0 amide bonds. The van der Waals surface area contributed by atoms with E-state index < -0.39 is 47.0 Å². The van der Waals surface area contributed by atoms with Gasteiger partial charge in [-0.2, -0.15) is 0 Å². The molecule has 0 aliphatic heterocycles. The van der Waals surface area contributed by atoms with Crippen LogP contribution in [-0.4, -0.2) is 13.0 Å². The van der Waals surface area contributed by atoms with Crippen molar-refractivity contribution in [3.63, 3.8) is 0 Å². The van der Waals surface area contributed by atoms with Crippen molar-refractivity contribution in [3.05, 3.63) is 29.1 Å². The van der Waals surface area contributed by atoms with Crippen LogP contribution < -0.4 is 0 Å². The van der Waals surface area contributed by atoms with Gasteiger partial charge in [-0.15, -0.1) is 0 Å². The molecule has 0 fully saturated rings. The Bertz CT molecular complexity index is 471. The molecule has 0 saturated carbocycles. The van der Waals surface area contributed by atoms with Crippen molar-refractivity contribution in [2.45, 2.75) is 67.8 Å². The van der Waals surface area contributed by atoms with E-state index in [4.69, 9.17) is 0 Å². The Hall–Kier alpha value is -0.248. The summed E-state index contributed by atoms with van der Waals surface area (Å²) in [5.74, 6) is -9.15. The van der Waals surface area contributed by atoms with E-state index in [1.54, 1.807) is 0 Å². The Kier molecular flexibility index (Phi) is 9.57. The second-order valence-electron chi connectivity index (χ2n) is 5.63. The maximum Gasteiger partial charge on any atom is 0.357 e. The second-order valence-corrected chi connectivity index (χ2v) is 11.4. The molecule has 0 aliphatic rings. The Morgan fingerprint density at radius 2 is 1.04 bits per heavy atom. The highest BCUT2D eigenvalue weighted by Gasteiger charge is 2.29. The van der Waals surface area contributed by atoms with Gasteiger partial charge in [0.05, 0.1) is 4.90 Å². The fourth-order valence-electron chi connectivity index (χ4n) is 2.36. The molecule has 0 radical (unpaired) electrons. The lowest BCUT2D eigenvalue weighted by Gasteiger charge is -2.14. The first-order valence-electron chi connectivity index (χ1n) is 8.12. The lowest BCUT2D eigenvalue weighted by atomic mass is 10.3. The first kappa shape index (κ1) is 20.8. The molecule has 0 heterocycles. The molecule has 0 bridgehead atoms. The van der Waals surface area contributed by atoms with E-state index in [0.717, 1.165) is 59.2 Å². The van der Waals surface area contributed by atoms with Crippen molar-refractivity contribution in [1.82, 2.24) is 0 Å². The van der Waals surface area contributed by atoms with Gasteiger partial charge in [0.2, 0.25) is 5.82 Å². The minimum absolute atomic E-state index is 0.689. The van der Waals surface area contributed by atoms with E-state index in [9.17, 15) is 22.0 Å². The van der Waals surface area contributed by atoms with Crippen LogP contribution in [-0.2, 0) is 0 Å². The lowest BCUT2D eigenvalue weighted by molar-refractivity contribution is 0.361. The Morgan fingerprint density at radius 3 is 1.43 bits per heavy atom. The van der Waals surface area contributed by atoms with Crippen LogP contribution in [0.1, 0.15) is 52.4 Å². The van der Waals surface area contributed by atoms with Crippen molar-refractivity contribution in [2.75, 3.05) is 0 Å². The molecule has 0 aromatic heterocycles. The highest BCUT2D eigenvalue weighted by atomic mass is 32.3. The van der Waals surface area contributed by atoms with Gasteiger partial charge in [-0.05, 0) is 0 Å². The highest BCUT2D eigenvalue weighted by Crippen LogP contribution is 2.35. The number of rotatable bonds is 10. The summed E-state index contributed by atoms with van der Waals surface area (Å²) in [6.45, 7) is 4.12. The van der Waals surface area contributed by atoms with E-state index in [1.165, 1.54) is 0 Å². The maximum atomic E-state index is 13.8. The van der Waals surface area contributed by atoms with E-state index in [-0.39, 0.29) is 0 Å². The van der Waals surface area contributed by atoms with Gasteiger partial charge in [-0.3, -0.25) is 0 Å². The minimum atomic E-state index is -2.08. The summed E-state index contributed by atoms with van der Waals surface area (Å²) in [5, 5.41) is 1.70. The number of benzene rings is 1. The maximum absolute atomic E-state index is 13.8. The predicted molar refractivity (Wildman–Crippen MR) is 86.5 cm³/mol. The van der Waals surface area contributed by atoms with Crippen LogP contribution in [0.4, 0.5) is 22.0 Å². The van der Waals surface area contributed by atoms with E-state index >= 15 is 0 Å². The first-order valence-corrected chi connectivity index (χ1v) is 12.0. The van der Waals surface area contributed by atoms with E-state index in [1.807, 2.05) is 0 Å². The third-order valence-corrected chi connectivity index (χ3v) is 9.87. The summed E-state index contributed by atoms with van der Waals surface area (Å²) in [5.41, 5.74) is 0. The molecule has 0 aliphatic carbocycles. The van der Waals surface area contributed by atoms with Crippen LogP contribution in [0.3, 0.4) is 0 Å². The normalized spacial score (nSPS) is 11.1. The molecule has 0 N–H and O–H groups in total. The molecule has 0 spiro atoms. The predicted octanol–water partition coefficient (Wildman–Crippen LogP) is 6.85. The largest absolute Gasteiger partial charge is 0.357 e. The van der Waals surface area contributed by atoms with E-state index in [2.05, 4.69) is 13.8 Å². The zero-order valence-corrected chi connectivity index (χ0v) is 15.5. The standard InChI is InChI=1S/C6HF5S.2C5H11.Al/c7-1-2(8)4(10)6(12)5(11)3(1)9;2*1-3-5-4-2;/h12H;2*1,3-5H2,2H3;/q;;;+1/p-1. The topological polar surface area (TPSA) is 0 Å². The smallest absolute Gasteiger partial charge is 0.218 e. The number of unbranched alkanes of at least 4 members (excludes halogenated alkanes) is 4. The van der Waals surface area contributed by atoms with Gasteiger partial charge in [0.1, 0.15) is 0 Å². The molecule has 23 heavy (non-hydrogen) atoms. The quantitative estimate of drug-likeness (QED) is 0.143. The Labute approximate surface area is 142 Å². The third-order valence-electron chi connectivity index (χ3n) is 3.71. The Morgan fingerprint density at radius 1 is 0.652 bits per heavy atom. The van der Waals surface area contributed by atoms with Gasteiger partial charge in [-0.25, -0.2) is 32.1 Å². The zero-order valence-electron chi connectivity index (χ0n) is 13.5. The van der Waals surface area contributed by atoms with Gasteiger partial charge in [-0.1, -0.05) is 62.9 Å². The number of halogens is 5. The van der Waals surface area contributed by atoms with E-state index in [0.29, 0.717) is 0 Å². The summed E-state index contributed by atoms with van der Waals surface area (Å²) < 4.78 is 67.4. The number of hydrogen-bond acceptors (Lipinski definition) is 1. The molecular weight excluding hydrogens is 346 g/mol.